The molecule has 0 unspecified atom stereocenters. The van der Waals surface area contributed by atoms with Crippen LogP contribution in [0.2, 0.25) is 0 Å². The van der Waals surface area contributed by atoms with Crippen molar-refractivity contribution in [3.05, 3.63) is 65.4 Å². The number of piperidine rings is 2. The van der Waals surface area contributed by atoms with E-state index in [2.05, 4.69) is 16.3 Å². The summed E-state index contributed by atoms with van der Waals surface area (Å²) >= 11 is 0. The third-order valence-electron chi connectivity index (χ3n) is 9.37. The summed E-state index contributed by atoms with van der Waals surface area (Å²) in [6.07, 6.45) is -3.90. The minimum atomic E-state index is -4.99. The molecule has 3 heterocycles. The lowest BCUT2D eigenvalue weighted by atomic mass is 9.76. The Morgan fingerprint density at radius 1 is 0.978 bits per heavy atom. The number of carbonyl (C=O) groups is 2. The normalized spacial score (nSPS) is 18.5. The van der Waals surface area contributed by atoms with E-state index in [9.17, 15) is 36.6 Å². The number of carboxylic acids is 1. The van der Waals surface area contributed by atoms with Crippen molar-refractivity contribution in [1.82, 2.24) is 20.1 Å². The lowest BCUT2D eigenvalue weighted by molar-refractivity contribution is -0.233. The van der Waals surface area contributed by atoms with Gasteiger partial charge in [-0.05, 0) is 86.2 Å². The van der Waals surface area contributed by atoms with Crippen LogP contribution >= 0.6 is 0 Å². The average Bonchev–Trinajstić information content (AvgIpc) is 3.01. The first kappa shape index (κ1) is 33.7. The Hall–Kier alpha value is -3.64. The lowest BCUT2D eigenvalue weighted by Crippen LogP contribution is -2.59. The van der Waals surface area contributed by atoms with Crippen molar-refractivity contribution in [3.63, 3.8) is 0 Å². The Morgan fingerprint density at radius 2 is 1.65 bits per heavy atom. The van der Waals surface area contributed by atoms with Crippen molar-refractivity contribution in [1.29, 1.82) is 0 Å². The van der Waals surface area contributed by atoms with Crippen LogP contribution in [0.5, 0.6) is 0 Å². The van der Waals surface area contributed by atoms with Crippen LogP contribution in [-0.4, -0.2) is 83.1 Å². The van der Waals surface area contributed by atoms with Gasteiger partial charge in [0, 0.05) is 24.7 Å². The zero-order chi connectivity index (χ0) is 33.1. The number of alkyl halides is 5. The molecule has 1 amide bonds. The van der Waals surface area contributed by atoms with Crippen LogP contribution in [0.25, 0.3) is 22.0 Å². The number of aliphatic carboxylic acids is 1. The number of nitrogens with zero attached hydrogens (tertiary/aromatic N) is 3. The molecule has 1 aromatic heterocycles. The number of amides is 1. The van der Waals surface area contributed by atoms with Crippen molar-refractivity contribution < 1.29 is 36.6 Å². The molecule has 5 rings (SSSR count). The standard InChI is InChI=1S/C34H39F5N4O3/c1-22-17-23(20-42-13-3-2-4-14-42)19-40-30(22)27-10-6-8-25-24(7-5-9-26(25)27)18-28(31(44)45)41-32(46)33(34(37,38)39)11-15-43(16-12-33)21-29(35)36/h5-10,17,19,28-29H,2-4,11-16,18,20-21H2,1H3,(H,41,46)(H,44,45)/t28-/m0/s1. The highest BCUT2D eigenvalue weighted by Crippen LogP contribution is 2.47. The van der Waals surface area contributed by atoms with Crippen molar-refractivity contribution in [2.45, 2.75) is 70.6 Å². The molecule has 0 bridgehead atoms. The van der Waals surface area contributed by atoms with Crippen molar-refractivity contribution in [3.8, 4) is 11.3 Å². The van der Waals surface area contributed by atoms with E-state index in [0.29, 0.717) is 10.9 Å². The zero-order valence-electron chi connectivity index (χ0n) is 25.8. The summed E-state index contributed by atoms with van der Waals surface area (Å²) in [4.78, 5) is 33.9. The fourth-order valence-electron chi connectivity index (χ4n) is 6.80. The van der Waals surface area contributed by atoms with E-state index in [-0.39, 0.29) is 19.5 Å². The molecule has 1 atom stereocenters. The molecule has 3 aromatic rings. The highest BCUT2D eigenvalue weighted by atomic mass is 19.4. The van der Waals surface area contributed by atoms with E-state index in [1.807, 2.05) is 37.4 Å². The Balaban J connectivity index is 1.37. The minimum Gasteiger partial charge on any atom is -0.480 e. The van der Waals surface area contributed by atoms with Gasteiger partial charge in [-0.25, -0.2) is 13.6 Å². The predicted octanol–water partition coefficient (Wildman–Crippen LogP) is 6.22. The number of pyridine rings is 1. The topological polar surface area (TPSA) is 85.8 Å². The Kier molecular flexibility index (Phi) is 10.3. The van der Waals surface area contributed by atoms with Crippen LogP contribution in [-0.2, 0) is 22.6 Å². The molecule has 7 nitrogen and oxygen atoms in total. The van der Waals surface area contributed by atoms with Crippen molar-refractivity contribution >= 4 is 22.6 Å². The quantitative estimate of drug-likeness (QED) is 0.255. The molecular formula is C34H39F5N4O3. The van der Waals surface area contributed by atoms with Gasteiger partial charge >= 0.3 is 12.1 Å². The third kappa shape index (κ3) is 7.33. The van der Waals surface area contributed by atoms with Crippen LogP contribution < -0.4 is 5.32 Å². The van der Waals surface area contributed by atoms with Gasteiger partial charge in [0.2, 0.25) is 5.91 Å². The van der Waals surface area contributed by atoms with Gasteiger partial charge in [0.15, 0.2) is 0 Å². The maximum atomic E-state index is 14.3. The zero-order valence-corrected chi connectivity index (χ0v) is 25.8. The highest BCUT2D eigenvalue weighted by molar-refractivity contribution is 5.98. The molecule has 46 heavy (non-hydrogen) atoms. The van der Waals surface area contributed by atoms with Gasteiger partial charge in [-0.15, -0.1) is 0 Å². The molecule has 248 valence electrons. The summed E-state index contributed by atoms with van der Waals surface area (Å²) in [5.74, 6) is -2.93. The second-order valence-corrected chi connectivity index (χ2v) is 12.5. The molecule has 0 radical (unpaired) electrons. The monoisotopic (exact) mass is 646 g/mol. The summed E-state index contributed by atoms with van der Waals surface area (Å²) in [5, 5.41) is 13.6. The van der Waals surface area contributed by atoms with Gasteiger partial charge in [0.1, 0.15) is 11.5 Å². The fourth-order valence-corrected chi connectivity index (χ4v) is 6.80. The highest BCUT2D eigenvalue weighted by Gasteiger charge is 2.61. The maximum absolute atomic E-state index is 14.3. The molecule has 2 aromatic carbocycles. The molecule has 2 aliphatic heterocycles. The van der Waals surface area contributed by atoms with Crippen molar-refractivity contribution in [2.24, 2.45) is 5.41 Å². The van der Waals surface area contributed by atoms with Crippen LogP contribution in [0.4, 0.5) is 22.0 Å². The minimum absolute atomic E-state index is 0.255. The first-order valence-corrected chi connectivity index (χ1v) is 15.7. The molecule has 2 N–H and O–H groups in total. The smallest absolute Gasteiger partial charge is 0.403 e. The molecule has 12 heteroatoms. The third-order valence-corrected chi connectivity index (χ3v) is 9.37. The van der Waals surface area contributed by atoms with E-state index in [0.717, 1.165) is 47.4 Å². The van der Waals surface area contributed by atoms with Gasteiger partial charge in [-0.3, -0.25) is 19.6 Å². The number of carboxylic acid groups (broad SMARTS) is 1. The van der Waals surface area contributed by atoms with Gasteiger partial charge in [-0.2, -0.15) is 13.2 Å². The van der Waals surface area contributed by atoms with Crippen LogP contribution in [0.3, 0.4) is 0 Å². The van der Waals surface area contributed by atoms with E-state index >= 15 is 0 Å². The number of fused-ring (bicyclic) bond motifs is 1. The molecule has 2 aliphatic rings. The molecule has 0 aliphatic carbocycles. The Bertz CT molecular complexity index is 1550. The van der Waals surface area contributed by atoms with Gasteiger partial charge < -0.3 is 10.4 Å². The maximum Gasteiger partial charge on any atom is 0.403 e. The Morgan fingerprint density at radius 3 is 2.28 bits per heavy atom. The van der Waals surface area contributed by atoms with E-state index in [1.165, 1.54) is 24.2 Å². The Labute approximate surface area is 264 Å². The predicted molar refractivity (Wildman–Crippen MR) is 164 cm³/mol. The summed E-state index contributed by atoms with van der Waals surface area (Å²) in [7, 11) is 0. The number of aromatic nitrogens is 1. The molecule has 2 fully saturated rings. The number of hydrogen-bond acceptors (Lipinski definition) is 5. The summed E-state index contributed by atoms with van der Waals surface area (Å²) in [6, 6.07) is 11.4. The SMILES string of the molecule is Cc1cc(CN2CCCCC2)cnc1-c1cccc2c(C[C@H](NC(=O)C3(C(F)(F)F)CCN(CC(F)F)CC3)C(=O)O)cccc12. The van der Waals surface area contributed by atoms with Gasteiger partial charge in [0.05, 0.1) is 12.2 Å². The number of carbonyl (C=O) groups excluding carboxylic acids is 1. The number of likely N-dealkylation sites (tertiary alicyclic amines) is 2. The first-order valence-electron chi connectivity index (χ1n) is 15.7. The number of benzene rings is 2. The van der Waals surface area contributed by atoms with Gasteiger partial charge in [0.25, 0.3) is 6.43 Å². The number of hydrogen-bond donors (Lipinski definition) is 2. The molecule has 2 saturated heterocycles. The summed E-state index contributed by atoms with van der Waals surface area (Å²) in [5.41, 5.74) is 1.40. The average molecular weight is 647 g/mol. The summed E-state index contributed by atoms with van der Waals surface area (Å²) in [6.45, 7) is 3.58. The lowest BCUT2D eigenvalue weighted by Gasteiger charge is -2.41. The number of nitrogens with one attached hydrogen (secondary N) is 1. The van der Waals surface area contributed by atoms with Crippen LogP contribution in [0.15, 0.2) is 48.7 Å². The molecule has 0 saturated carbocycles. The van der Waals surface area contributed by atoms with Crippen LogP contribution in [0.1, 0.15) is 48.8 Å². The van der Waals surface area contributed by atoms with E-state index in [1.54, 1.807) is 12.1 Å². The van der Waals surface area contributed by atoms with Gasteiger partial charge in [-0.1, -0.05) is 48.9 Å². The molecule has 0 spiro atoms. The first-order chi connectivity index (χ1) is 21.9. The number of halogens is 5. The largest absolute Gasteiger partial charge is 0.480 e. The second-order valence-electron chi connectivity index (χ2n) is 12.5. The van der Waals surface area contributed by atoms with Crippen molar-refractivity contribution in [2.75, 3.05) is 32.7 Å². The van der Waals surface area contributed by atoms with E-state index < -0.39 is 55.3 Å². The second kappa shape index (κ2) is 14.0. The fraction of sp³-hybridized carbons (Fsp3) is 0.500. The number of aryl methyl sites for hydroxylation is 1. The van der Waals surface area contributed by atoms with Crippen LogP contribution in [0, 0.1) is 12.3 Å². The molecular weight excluding hydrogens is 607 g/mol. The summed E-state index contributed by atoms with van der Waals surface area (Å²) < 4.78 is 68.6. The number of rotatable bonds is 10. The van der Waals surface area contributed by atoms with E-state index in [4.69, 9.17) is 4.98 Å².